The molecule has 0 aliphatic carbocycles. The minimum Gasteiger partial charge on any atom is -0.493 e. The van der Waals surface area contributed by atoms with Gasteiger partial charge in [0.05, 0.1) is 6.61 Å². The quantitative estimate of drug-likeness (QED) is 0.769. The molecule has 1 aliphatic heterocycles. The van der Waals surface area contributed by atoms with Crippen molar-refractivity contribution in [2.24, 2.45) is 5.73 Å². The second-order valence-corrected chi connectivity index (χ2v) is 3.10. The Bertz CT molecular complexity index is 352. The smallest absolute Gasteiger partial charge is 0.249 e. The zero-order chi connectivity index (χ0) is 9.26. The number of fused-ring (bicyclic) bond motifs is 1. The fourth-order valence-electron chi connectivity index (χ4n) is 1.62. The van der Waals surface area contributed by atoms with E-state index in [9.17, 15) is 4.79 Å². The highest BCUT2D eigenvalue weighted by molar-refractivity contribution is 5.95. The Kier molecular flexibility index (Phi) is 3.36. The molecule has 3 nitrogen and oxygen atoms in total. The van der Waals surface area contributed by atoms with Crippen LogP contribution in [0.25, 0.3) is 0 Å². The lowest BCUT2D eigenvalue weighted by molar-refractivity contribution is 0.0998. The zero-order valence-electron chi connectivity index (χ0n) is 7.66. The number of carbonyl (C=O) groups excluding carboxylic acids is 1. The van der Waals surface area contributed by atoms with Crippen molar-refractivity contribution in [3.8, 4) is 5.75 Å². The number of nitrogens with two attached hydrogens (primary N) is 1. The van der Waals surface area contributed by atoms with Crippen molar-refractivity contribution < 1.29 is 9.53 Å². The molecular weight excluding hydrogens is 202 g/mol. The molecule has 1 aromatic rings. The van der Waals surface area contributed by atoms with Crippen molar-refractivity contribution in [2.75, 3.05) is 6.61 Å². The molecule has 2 rings (SSSR count). The Balaban J connectivity index is 0.000000980. The Morgan fingerprint density at radius 1 is 1.43 bits per heavy atom. The van der Waals surface area contributed by atoms with E-state index in [0.29, 0.717) is 5.56 Å². The van der Waals surface area contributed by atoms with Crippen LogP contribution in [0.15, 0.2) is 18.2 Å². The first-order valence-electron chi connectivity index (χ1n) is 4.33. The number of ether oxygens (including phenoxy) is 1. The lowest BCUT2D eigenvalue weighted by Gasteiger charge is -2.18. The van der Waals surface area contributed by atoms with Gasteiger partial charge in [0.15, 0.2) is 0 Å². The van der Waals surface area contributed by atoms with Gasteiger partial charge in [-0.1, -0.05) is 6.07 Å². The van der Waals surface area contributed by atoms with Gasteiger partial charge in [0.2, 0.25) is 5.91 Å². The molecule has 0 saturated heterocycles. The van der Waals surface area contributed by atoms with Gasteiger partial charge in [-0.05, 0) is 25.0 Å². The van der Waals surface area contributed by atoms with Gasteiger partial charge in [0.1, 0.15) is 5.75 Å². The van der Waals surface area contributed by atoms with Crippen LogP contribution in [0.4, 0.5) is 0 Å². The molecule has 0 atom stereocenters. The van der Waals surface area contributed by atoms with Crippen LogP contribution in [0.2, 0.25) is 0 Å². The average Bonchev–Trinajstić information content (AvgIpc) is 2.17. The summed E-state index contributed by atoms with van der Waals surface area (Å²) in [5, 5.41) is 0. The summed E-state index contributed by atoms with van der Waals surface area (Å²) in [5.41, 5.74) is 6.80. The van der Waals surface area contributed by atoms with Gasteiger partial charge in [-0.2, -0.15) is 0 Å². The van der Waals surface area contributed by atoms with Crippen LogP contribution in [-0.4, -0.2) is 12.5 Å². The van der Waals surface area contributed by atoms with Gasteiger partial charge in [-0.25, -0.2) is 0 Å². The molecule has 0 radical (unpaired) electrons. The number of primary amides is 1. The molecule has 0 unspecified atom stereocenters. The van der Waals surface area contributed by atoms with E-state index in [1.807, 2.05) is 6.07 Å². The summed E-state index contributed by atoms with van der Waals surface area (Å²) >= 11 is 0. The third-order valence-corrected chi connectivity index (χ3v) is 2.23. The molecule has 4 heteroatoms. The van der Waals surface area contributed by atoms with Crippen LogP contribution >= 0.6 is 12.4 Å². The lowest BCUT2D eigenvalue weighted by Crippen LogP contribution is -2.17. The normalized spacial score (nSPS) is 13.4. The monoisotopic (exact) mass is 213 g/mol. The molecular formula is C10H12ClNO2. The van der Waals surface area contributed by atoms with Crippen LogP contribution < -0.4 is 10.5 Å². The first-order chi connectivity index (χ1) is 6.29. The first kappa shape index (κ1) is 10.9. The summed E-state index contributed by atoms with van der Waals surface area (Å²) in [5.74, 6) is 0.435. The predicted molar refractivity (Wildman–Crippen MR) is 56.0 cm³/mol. The minimum absolute atomic E-state index is 0. The van der Waals surface area contributed by atoms with Crippen molar-refractivity contribution >= 4 is 18.3 Å². The molecule has 0 spiro atoms. The molecule has 1 amide bonds. The third-order valence-electron chi connectivity index (χ3n) is 2.23. The molecule has 76 valence electrons. The Labute approximate surface area is 88.7 Å². The van der Waals surface area contributed by atoms with E-state index in [4.69, 9.17) is 10.5 Å². The summed E-state index contributed by atoms with van der Waals surface area (Å²) in [7, 11) is 0. The van der Waals surface area contributed by atoms with Crippen LogP contribution in [0.1, 0.15) is 22.3 Å². The predicted octanol–water partition coefficient (Wildman–Crippen LogP) is 1.53. The van der Waals surface area contributed by atoms with Gasteiger partial charge in [0.25, 0.3) is 0 Å². The van der Waals surface area contributed by atoms with Gasteiger partial charge in [0, 0.05) is 11.1 Å². The number of halogens is 1. The van der Waals surface area contributed by atoms with Crippen LogP contribution in [0.5, 0.6) is 5.75 Å². The largest absolute Gasteiger partial charge is 0.493 e. The molecule has 0 bridgehead atoms. The minimum atomic E-state index is -0.373. The fraction of sp³-hybridized carbons (Fsp3) is 0.300. The second kappa shape index (κ2) is 4.33. The number of hydrogen-bond donors (Lipinski definition) is 1. The lowest BCUT2D eigenvalue weighted by atomic mass is 10.00. The Morgan fingerprint density at radius 3 is 2.93 bits per heavy atom. The van der Waals surface area contributed by atoms with Gasteiger partial charge >= 0.3 is 0 Å². The summed E-state index contributed by atoms with van der Waals surface area (Å²) in [6, 6.07) is 5.42. The van der Waals surface area contributed by atoms with E-state index in [1.54, 1.807) is 12.1 Å². The second-order valence-electron chi connectivity index (χ2n) is 3.10. The van der Waals surface area contributed by atoms with E-state index in [0.717, 1.165) is 30.8 Å². The van der Waals surface area contributed by atoms with Crippen molar-refractivity contribution in [3.63, 3.8) is 0 Å². The number of amides is 1. The number of benzene rings is 1. The van der Waals surface area contributed by atoms with E-state index in [2.05, 4.69) is 0 Å². The molecule has 1 aliphatic rings. The maximum atomic E-state index is 11.0. The molecule has 0 saturated carbocycles. The summed E-state index contributed by atoms with van der Waals surface area (Å²) < 4.78 is 5.41. The molecule has 14 heavy (non-hydrogen) atoms. The van der Waals surface area contributed by atoms with Crippen LogP contribution in [0, 0.1) is 0 Å². The standard InChI is InChI=1S/C10H11NO2.ClH/c11-10(12)8-3-1-5-9-7(8)4-2-6-13-9;/h1,3,5H,2,4,6H2,(H2,11,12);1H. The van der Waals surface area contributed by atoms with Crippen molar-refractivity contribution in [2.45, 2.75) is 12.8 Å². The topological polar surface area (TPSA) is 52.3 Å². The summed E-state index contributed by atoms with van der Waals surface area (Å²) in [6.45, 7) is 0.731. The number of rotatable bonds is 1. The SMILES string of the molecule is Cl.NC(=O)c1cccc2c1CCCO2. The van der Waals surface area contributed by atoms with Crippen molar-refractivity contribution in [1.82, 2.24) is 0 Å². The highest BCUT2D eigenvalue weighted by atomic mass is 35.5. The van der Waals surface area contributed by atoms with Crippen LogP contribution in [0.3, 0.4) is 0 Å². The molecule has 1 heterocycles. The number of carbonyl (C=O) groups is 1. The van der Waals surface area contributed by atoms with E-state index in [-0.39, 0.29) is 18.3 Å². The summed E-state index contributed by atoms with van der Waals surface area (Å²) in [4.78, 5) is 11.0. The Hall–Kier alpha value is -1.22. The maximum Gasteiger partial charge on any atom is 0.249 e. The summed E-state index contributed by atoms with van der Waals surface area (Å²) in [6.07, 6.45) is 1.84. The van der Waals surface area contributed by atoms with Crippen molar-refractivity contribution in [3.05, 3.63) is 29.3 Å². The Morgan fingerprint density at radius 2 is 2.21 bits per heavy atom. The highest BCUT2D eigenvalue weighted by Crippen LogP contribution is 2.27. The van der Waals surface area contributed by atoms with Gasteiger partial charge in [-0.3, -0.25) is 4.79 Å². The molecule has 0 aromatic heterocycles. The molecule has 1 aromatic carbocycles. The van der Waals surface area contributed by atoms with E-state index < -0.39 is 0 Å². The van der Waals surface area contributed by atoms with Gasteiger partial charge in [-0.15, -0.1) is 12.4 Å². The maximum absolute atomic E-state index is 11.0. The van der Waals surface area contributed by atoms with Crippen molar-refractivity contribution in [1.29, 1.82) is 0 Å². The zero-order valence-corrected chi connectivity index (χ0v) is 8.47. The molecule has 0 fully saturated rings. The van der Waals surface area contributed by atoms with Gasteiger partial charge < -0.3 is 10.5 Å². The van der Waals surface area contributed by atoms with E-state index >= 15 is 0 Å². The first-order valence-corrected chi connectivity index (χ1v) is 4.33. The van der Waals surface area contributed by atoms with Crippen LogP contribution in [-0.2, 0) is 6.42 Å². The van der Waals surface area contributed by atoms with E-state index in [1.165, 1.54) is 0 Å². The highest BCUT2D eigenvalue weighted by Gasteiger charge is 2.16. The molecule has 2 N–H and O–H groups in total. The average molecular weight is 214 g/mol. The number of hydrogen-bond acceptors (Lipinski definition) is 2. The third kappa shape index (κ3) is 1.82. The fourth-order valence-corrected chi connectivity index (χ4v) is 1.62.